The summed E-state index contributed by atoms with van der Waals surface area (Å²) >= 11 is 1.23. The van der Waals surface area contributed by atoms with Gasteiger partial charge in [-0.15, -0.1) is 11.3 Å². The molecule has 4 rings (SSSR count). The molecular formula is C28H37N5O4S. The van der Waals surface area contributed by atoms with Gasteiger partial charge in [-0.3, -0.25) is 14.9 Å². The number of thiazole rings is 1. The molecular weight excluding hydrogens is 502 g/mol. The molecule has 0 atom stereocenters. The van der Waals surface area contributed by atoms with Crippen molar-refractivity contribution >= 4 is 45.0 Å². The topological polar surface area (TPSA) is 141 Å². The van der Waals surface area contributed by atoms with Gasteiger partial charge in [0.2, 0.25) is 0 Å². The Labute approximate surface area is 226 Å². The average molecular weight is 540 g/mol. The van der Waals surface area contributed by atoms with Crippen LogP contribution in [-0.4, -0.2) is 63.8 Å². The Hall–Kier alpha value is -3.08. The number of nitrogens with two attached hydrogens (primary N) is 1. The first-order chi connectivity index (χ1) is 18.0. The number of likely N-dealkylation sites (tertiary alicyclic amines) is 1. The van der Waals surface area contributed by atoms with Gasteiger partial charge in [0.05, 0.1) is 0 Å². The minimum Gasteiger partial charge on any atom is -0.477 e. The molecule has 0 radical (unpaired) electrons. The summed E-state index contributed by atoms with van der Waals surface area (Å²) in [4.78, 5) is 47.3. The number of H-pyrrole nitrogens is 1. The highest BCUT2D eigenvalue weighted by Gasteiger charge is 2.26. The number of benzene rings is 1. The van der Waals surface area contributed by atoms with Gasteiger partial charge in [-0.25, -0.2) is 9.78 Å². The van der Waals surface area contributed by atoms with Gasteiger partial charge in [0.1, 0.15) is 11.4 Å². The van der Waals surface area contributed by atoms with E-state index >= 15 is 0 Å². The number of aromatic amines is 1. The van der Waals surface area contributed by atoms with Gasteiger partial charge in [0.25, 0.3) is 5.91 Å². The number of Topliss-reactive ketones (excluding diaryl/α,β-unsaturated/α-hetero) is 1. The molecule has 2 aromatic heterocycles. The van der Waals surface area contributed by atoms with Crippen molar-refractivity contribution in [1.29, 1.82) is 0 Å². The van der Waals surface area contributed by atoms with E-state index in [2.05, 4.69) is 41.0 Å². The maximum absolute atomic E-state index is 13.0. The van der Waals surface area contributed by atoms with Crippen LogP contribution in [0.3, 0.4) is 0 Å². The standard InChI is InChI=1S/C28H37N5O4S/c1-28(2,3)16-33-11-8-17(9-12-33)13-23(34)22-15-38-27(31-22)32-25(35)18-6-7-21-20(14-18)19(5-4-10-29)24(30-21)26(36)37/h6-7,14-15,17,30H,4-5,8-13,16,29H2,1-3H3,(H,36,37)(H,31,32,35). The van der Waals surface area contributed by atoms with E-state index in [-0.39, 0.29) is 22.8 Å². The third-order valence-corrected chi connectivity index (χ3v) is 7.66. The Kier molecular flexibility index (Phi) is 8.64. The summed E-state index contributed by atoms with van der Waals surface area (Å²) in [6.07, 6.45) is 3.62. The summed E-state index contributed by atoms with van der Waals surface area (Å²) in [6, 6.07) is 5.02. The fourth-order valence-electron chi connectivity index (χ4n) is 5.12. The first-order valence-electron chi connectivity index (χ1n) is 13.1. The minimum absolute atomic E-state index is 0.00973. The van der Waals surface area contributed by atoms with Crippen molar-refractivity contribution in [2.24, 2.45) is 17.1 Å². The molecule has 0 bridgehead atoms. The SMILES string of the molecule is CC(C)(C)CN1CCC(CC(=O)c2csc(NC(=O)c3ccc4[nH]c(C(=O)O)c(CCCN)c4c3)n2)CC1. The number of hydrogen-bond donors (Lipinski definition) is 4. The molecule has 1 aromatic carbocycles. The van der Waals surface area contributed by atoms with Gasteiger partial charge in [-0.1, -0.05) is 20.8 Å². The number of anilines is 1. The molecule has 1 saturated heterocycles. The molecule has 1 aliphatic heterocycles. The molecule has 5 N–H and O–H groups in total. The molecule has 1 amide bonds. The predicted molar refractivity (Wildman–Crippen MR) is 150 cm³/mol. The zero-order valence-corrected chi connectivity index (χ0v) is 23.1. The van der Waals surface area contributed by atoms with E-state index in [4.69, 9.17) is 5.73 Å². The van der Waals surface area contributed by atoms with E-state index in [1.165, 1.54) is 11.3 Å². The number of nitrogens with one attached hydrogen (secondary N) is 2. The molecule has 9 nitrogen and oxygen atoms in total. The zero-order valence-electron chi connectivity index (χ0n) is 22.3. The van der Waals surface area contributed by atoms with Gasteiger partial charge in [0.15, 0.2) is 10.9 Å². The molecule has 204 valence electrons. The number of carbonyl (C=O) groups excluding carboxylic acids is 2. The van der Waals surface area contributed by atoms with E-state index in [0.717, 1.165) is 32.5 Å². The fraction of sp³-hybridized carbons (Fsp3) is 0.500. The van der Waals surface area contributed by atoms with E-state index in [0.29, 0.717) is 64.6 Å². The molecule has 0 aliphatic carbocycles. The van der Waals surface area contributed by atoms with E-state index in [1.807, 2.05) is 0 Å². The van der Waals surface area contributed by atoms with Gasteiger partial charge in [0, 0.05) is 34.8 Å². The second kappa shape index (κ2) is 11.8. The smallest absolute Gasteiger partial charge is 0.352 e. The number of ketones is 1. The molecule has 10 heteroatoms. The summed E-state index contributed by atoms with van der Waals surface area (Å²) in [5.74, 6) is -1.05. The Morgan fingerprint density at radius 3 is 2.63 bits per heavy atom. The maximum atomic E-state index is 13.0. The highest BCUT2D eigenvalue weighted by Crippen LogP contribution is 2.28. The Bertz CT molecular complexity index is 1310. The number of nitrogens with zero attached hydrogens (tertiary/aromatic N) is 2. The number of carbonyl (C=O) groups is 3. The van der Waals surface area contributed by atoms with E-state index in [9.17, 15) is 19.5 Å². The number of piperidine rings is 1. The minimum atomic E-state index is -1.05. The normalized spacial score (nSPS) is 15.2. The van der Waals surface area contributed by atoms with Crippen molar-refractivity contribution in [3.63, 3.8) is 0 Å². The highest BCUT2D eigenvalue weighted by molar-refractivity contribution is 7.14. The number of aromatic nitrogens is 2. The number of rotatable bonds is 10. The number of carboxylic acid groups (broad SMARTS) is 1. The van der Waals surface area contributed by atoms with Crippen LogP contribution in [-0.2, 0) is 6.42 Å². The van der Waals surface area contributed by atoms with Crippen molar-refractivity contribution in [1.82, 2.24) is 14.9 Å². The van der Waals surface area contributed by atoms with Crippen LogP contribution in [0.15, 0.2) is 23.6 Å². The monoisotopic (exact) mass is 539 g/mol. The van der Waals surface area contributed by atoms with Crippen molar-refractivity contribution in [2.75, 3.05) is 31.5 Å². The Morgan fingerprint density at radius 2 is 1.97 bits per heavy atom. The second-order valence-electron chi connectivity index (χ2n) is 11.3. The van der Waals surface area contributed by atoms with Gasteiger partial charge in [-0.05, 0) is 80.4 Å². The lowest BCUT2D eigenvalue weighted by Gasteiger charge is -2.35. The van der Waals surface area contributed by atoms with Crippen LogP contribution in [0.5, 0.6) is 0 Å². The zero-order chi connectivity index (χ0) is 27.4. The maximum Gasteiger partial charge on any atom is 0.352 e. The van der Waals surface area contributed by atoms with Crippen LogP contribution >= 0.6 is 11.3 Å². The Morgan fingerprint density at radius 1 is 1.24 bits per heavy atom. The van der Waals surface area contributed by atoms with E-state index < -0.39 is 5.97 Å². The summed E-state index contributed by atoms with van der Waals surface area (Å²) in [6.45, 7) is 10.3. The predicted octanol–water partition coefficient (Wildman–Crippen LogP) is 4.80. The fourth-order valence-corrected chi connectivity index (χ4v) is 5.83. The second-order valence-corrected chi connectivity index (χ2v) is 12.2. The summed E-state index contributed by atoms with van der Waals surface area (Å²) < 4.78 is 0. The summed E-state index contributed by atoms with van der Waals surface area (Å²) in [5, 5.41) is 15.1. The van der Waals surface area contributed by atoms with Gasteiger partial charge in [-0.2, -0.15) is 0 Å². The third-order valence-electron chi connectivity index (χ3n) is 6.90. The highest BCUT2D eigenvalue weighted by atomic mass is 32.1. The number of aryl methyl sites for hydroxylation is 1. The molecule has 0 unspecified atom stereocenters. The lowest BCUT2D eigenvalue weighted by molar-refractivity contribution is 0.0689. The van der Waals surface area contributed by atoms with Crippen LogP contribution in [0, 0.1) is 11.3 Å². The van der Waals surface area contributed by atoms with Crippen LogP contribution in [0.2, 0.25) is 0 Å². The van der Waals surface area contributed by atoms with Crippen LogP contribution in [0.25, 0.3) is 10.9 Å². The first kappa shape index (κ1) is 27.9. The van der Waals surface area contributed by atoms with E-state index in [1.54, 1.807) is 23.6 Å². The summed E-state index contributed by atoms with van der Waals surface area (Å²) in [7, 11) is 0. The van der Waals surface area contributed by atoms with Crippen molar-refractivity contribution < 1.29 is 19.5 Å². The number of carboxylic acids is 1. The average Bonchev–Trinajstić information content (AvgIpc) is 3.47. The third kappa shape index (κ3) is 6.86. The quantitative estimate of drug-likeness (QED) is 0.271. The van der Waals surface area contributed by atoms with Crippen molar-refractivity contribution in [2.45, 2.75) is 52.9 Å². The molecule has 3 heterocycles. The van der Waals surface area contributed by atoms with Gasteiger partial charge < -0.3 is 20.7 Å². The first-order valence-corrected chi connectivity index (χ1v) is 14.0. The molecule has 1 fully saturated rings. The lowest BCUT2D eigenvalue weighted by Crippen LogP contribution is -2.39. The molecule has 0 saturated carbocycles. The van der Waals surface area contributed by atoms with Crippen molar-refractivity contribution in [3.8, 4) is 0 Å². The van der Waals surface area contributed by atoms with Crippen LogP contribution < -0.4 is 11.1 Å². The van der Waals surface area contributed by atoms with Crippen LogP contribution in [0.4, 0.5) is 5.13 Å². The summed E-state index contributed by atoms with van der Waals surface area (Å²) in [5.41, 5.74) is 8.07. The largest absolute Gasteiger partial charge is 0.477 e. The molecule has 1 aliphatic rings. The number of fused-ring (bicyclic) bond motifs is 1. The number of hydrogen-bond acceptors (Lipinski definition) is 7. The number of amides is 1. The number of aromatic carboxylic acids is 1. The van der Waals surface area contributed by atoms with Gasteiger partial charge >= 0.3 is 5.97 Å². The Balaban J connectivity index is 1.38. The molecule has 3 aromatic rings. The molecule has 0 spiro atoms. The lowest BCUT2D eigenvalue weighted by atomic mass is 9.89. The molecule has 38 heavy (non-hydrogen) atoms. The van der Waals surface area contributed by atoms with Crippen molar-refractivity contribution in [3.05, 3.63) is 46.1 Å². The van der Waals surface area contributed by atoms with Crippen LogP contribution in [0.1, 0.15) is 83.4 Å².